The smallest absolute Gasteiger partial charge is 0.272 e. The van der Waals surface area contributed by atoms with Crippen LogP contribution in [-0.2, 0) is 7.05 Å². The molecule has 2 aromatic heterocycles. The number of aryl methyl sites for hydroxylation is 1. The molecule has 0 spiro atoms. The summed E-state index contributed by atoms with van der Waals surface area (Å²) in [7, 11) is 1.75. The number of rotatable bonds is 5. The molecule has 0 unspecified atom stereocenters. The quantitative estimate of drug-likeness (QED) is 0.875. The van der Waals surface area contributed by atoms with Crippen molar-refractivity contribution >= 4 is 17.2 Å². The number of thiazole rings is 1. The molecule has 0 aromatic carbocycles. The molecule has 0 saturated carbocycles. The monoisotopic (exact) mass is 294 g/mol. The summed E-state index contributed by atoms with van der Waals surface area (Å²) >= 11 is 1.54. The van der Waals surface area contributed by atoms with E-state index in [-0.39, 0.29) is 12.5 Å². The van der Waals surface area contributed by atoms with Gasteiger partial charge in [0.05, 0.1) is 23.4 Å². The highest BCUT2D eigenvalue weighted by atomic mass is 32.1. The Morgan fingerprint density at radius 3 is 2.80 bits per heavy atom. The molecule has 6 nitrogen and oxygen atoms in total. The summed E-state index contributed by atoms with van der Waals surface area (Å²) in [5.74, 6) is 0.0170. The average molecular weight is 294 g/mol. The fourth-order valence-corrected chi connectivity index (χ4v) is 2.60. The van der Waals surface area contributed by atoms with Crippen LogP contribution in [-0.4, -0.2) is 32.4 Å². The summed E-state index contributed by atoms with van der Waals surface area (Å²) in [6.07, 6.45) is 1.70. The molecule has 2 heterocycles. The zero-order valence-corrected chi connectivity index (χ0v) is 12.5. The van der Waals surface area contributed by atoms with Crippen LogP contribution in [0, 0.1) is 0 Å². The van der Waals surface area contributed by atoms with Gasteiger partial charge in [-0.2, -0.15) is 5.10 Å². The Kier molecular flexibility index (Phi) is 4.51. The zero-order valence-electron chi connectivity index (χ0n) is 11.7. The molecule has 1 atom stereocenters. The van der Waals surface area contributed by atoms with Crippen LogP contribution in [0.1, 0.15) is 47.0 Å². The van der Waals surface area contributed by atoms with Crippen molar-refractivity contribution in [2.45, 2.75) is 25.8 Å². The first-order chi connectivity index (χ1) is 9.51. The van der Waals surface area contributed by atoms with Crippen LogP contribution in [0.2, 0.25) is 0 Å². The summed E-state index contributed by atoms with van der Waals surface area (Å²) in [5, 5.41) is 19.1. The van der Waals surface area contributed by atoms with Crippen LogP contribution < -0.4 is 5.32 Å². The Balaban J connectivity index is 2.10. The minimum absolute atomic E-state index is 0.195. The molecule has 2 rings (SSSR count). The molecule has 2 N–H and O–H groups in total. The van der Waals surface area contributed by atoms with Crippen LogP contribution in [0.5, 0.6) is 0 Å². The van der Waals surface area contributed by atoms with Crippen molar-refractivity contribution in [1.29, 1.82) is 0 Å². The molecule has 7 heteroatoms. The predicted octanol–water partition coefficient (Wildman–Crippen LogP) is 1.46. The first-order valence-corrected chi connectivity index (χ1v) is 7.26. The van der Waals surface area contributed by atoms with E-state index in [2.05, 4.69) is 29.2 Å². The first-order valence-electron chi connectivity index (χ1n) is 6.38. The third kappa shape index (κ3) is 3.23. The van der Waals surface area contributed by atoms with Gasteiger partial charge in [-0.3, -0.25) is 9.48 Å². The number of aromatic nitrogens is 3. The molecule has 0 bridgehead atoms. The lowest BCUT2D eigenvalue weighted by atomic mass is 10.2. The number of aliphatic hydroxyl groups is 1. The van der Waals surface area contributed by atoms with Gasteiger partial charge in [0.25, 0.3) is 5.91 Å². The van der Waals surface area contributed by atoms with Gasteiger partial charge in [0.2, 0.25) is 0 Å². The fraction of sp³-hybridized carbons (Fsp3) is 0.462. The Hall–Kier alpha value is -1.73. The van der Waals surface area contributed by atoms with Crippen molar-refractivity contribution in [2.24, 2.45) is 7.05 Å². The Morgan fingerprint density at radius 1 is 1.55 bits per heavy atom. The molecule has 20 heavy (non-hydrogen) atoms. The molecule has 0 aliphatic rings. The zero-order chi connectivity index (χ0) is 14.7. The number of carbonyl (C=O) groups is 1. The van der Waals surface area contributed by atoms with Gasteiger partial charge in [-0.15, -0.1) is 11.3 Å². The highest BCUT2D eigenvalue weighted by Gasteiger charge is 2.19. The summed E-state index contributed by atoms with van der Waals surface area (Å²) in [4.78, 5) is 16.5. The number of aliphatic hydroxyl groups excluding tert-OH is 1. The van der Waals surface area contributed by atoms with E-state index >= 15 is 0 Å². The summed E-state index contributed by atoms with van der Waals surface area (Å²) in [6.45, 7) is 3.92. The van der Waals surface area contributed by atoms with Crippen LogP contribution >= 0.6 is 11.3 Å². The second kappa shape index (κ2) is 6.15. The average Bonchev–Trinajstić information content (AvgIpc) is 3.04. The molecule has 1 amide bonds. The van der Waals surface area contributed by atoms with Crippen LogP contribution in [0.3, 0.4) is 0 Å². The minimum atomic E-state index is -0.506. The number of hydrogen-bond donors (Lipinski definition) is 2. The molecule has 108 valence electrons. The van der Waals surface area contributed by atoms with E-state index in [4.69, 9.17) is 0 Å². The third-order valence-corrected chi connectivity index (χ3v) is 3.99. The van der Waals surface area contributed by atoms with E-state index in [0.29, 0.717) is 17.3 Å². The highest BCUT2D eigenvalue weighted by Crippen LogP contribution is 2.22. The standard InChI is InChI=1S/C13H18N4O2S/c1-8(2)13-15-11(7-20-13)10(6-18)14-12(19)9-4-5-17(3)16-9/h4-5,7-8,10,18H,6H2,1-3H3,(H,14,19)/t10-/m0/s1. The Morgan fingerprint density at radius 2 is 2.30 bits per heavy atom. The molecular formula is C13H18N4O2S. The maximum Gasteiger partial charge on any atom is 0.272 e. The van der Waals surface area contributed by atoms with Gasteiger partial charge in [-0.25, -0.2) is 4.98 Å². The molecule has 0 fully saturated rings. The lowest BCUT2D eigenvalue weighted by Gasteiger charge is -2.13. The van der Waals surface area contributed by atoms with Gasteiger partial charge < -0.3 is 10.4 Å². The van der Waals surface area contributed by atoms with E-state index in [1.807, 2.05) is 5.38 Å². The lowest BCUT2D eigenvalue weighted by molar-refractivity contribution is 0.0909. The topological polar surface area (TPSA) is 80.0 Å². The van der Waals surface area contributed by atoms with Crippen molar-refractivity contribution in [3.05, 3.63) is 34.0 Å². The first kappa shape index (κ1) is 14.7. The van der Waals surface area contributed by atoms with E-state index in [1.165, 1.54) is 11.3 Å². The van der Waals surface area contributed by atoms with Gasteiger partial charge >= 0.3 is 0 Å². The molecule has 0 aliphatic heterocycles. The van der Waals surface area contributed by atoms with E-state index < -0.39 is 6.04 Å². The summed E-state index contributed by atoms with van der Waals surface area (Å²) in [5.41, 5.74) is 1.01. The fourth-order valence-electron chi connectivity index (χ4n) is 1.71. The third-order valence-electron chi connectivity index (χ3n) is 2.82. The van der Waals surface area contributed by atoms with Crippen LogP contribution in [0.15, 0.2) is 17.6 Å². The number of nitrogens with zero attached hydrogens (tertiary/aromatic N) is 3. The largest absolute Gasteiger partial charge is 0.394 e. The van der Waals surface area contributed by atoms with Crippen molar-refractivity contribution in [1.82, 2.24) is 20.1 Å². The SMILES string of the molecule is CC(C)c1nc([C@H](CO)NC(=O)c2ccn(C)n2)cs1. The van der Waals surface area contributed by atoms with Gasteiger partial charge in [-0.05, 0) is 6.07 Å². The second-order valence-electron chi connectivity index (χ2n) is 4.85. The van der Waals surface area contributed by atoms with Crippen LogP contribution in [0.4, 0.5) is 0 Å². The predicted molar refractivity (Wildman–Crippen MR) is 76.7 cm³/mol. The second-order valence-corrected chi connectivity index (χ2v) is 5.74. The number of carbonyl (C=O) groups excluding carboxylic acids is 1. The van der Waals surface area contributed by atoms with Gasteiger partial charge in [0, 0.05) is 24.5 Å². The molecule has 2 aromatic rings. The molecule has 0 saturated heterocycles. The van der Waals surface area contributed by atoms with Crippen molar-refractivity contribution in [3.8, 4) is 0 Å². The number of nitrogens with one attached hydrogen (secondary N) is 1. The Labute approximate surface area is 121 Å². The highest BCUT2D eigenvalue weighted by molar-refractivity contribution is 7.09. The van der Waals surface area contributed by atoms with E-state index in [0.717, 1.165) is 5.01 Å². The van der Waals surface area contributed by atoms with Gasteiger partial charge in [0.1, 0.15) is 5.69 Å². The maximum atomic E-state index is 12.0. The molecule has 0 aliphatic carbocycles. The number of amides is 1. The number of hydrogen-bond acceptors (Lipinski definition) is 5. The van der Waals surface area contributed by atoms with Gasteiger partial charge in [-0.1, -0.05) is 13.8 Å². The van der Waals surface area contributed by atoms with E-state index in [9.17, 15) is 9.90 Å². The molecular weight excluding hydrogens is 276 g/mol. The maximum absolute atomic E-state index is 12.0. The van der Waals surface area contributed by atoms with Crippen LogP contribution in [0.25, 0.3) is 0 Å². The summed E-state index contributed by atoms with van der Waals surface area (Å²) in [6, 6.07) is 1.12. The molecule has 0 radical (unpaired) electrons. The lowest BCUT2D eigenvalue weighted by Crippen LogP contribution is -2.31. The van der Waals surface area contributed by atoms with Gasteiger partial charge in [0.15, 0.2) is 0 Å². The van der Waals surface area contributed by atoms with E-state index in [1.54, 1.807) is 24.0 Å². The van der Waals surface area contributed by atoms with Crippen molar-refractivity contribution < 1.29 is 9.90 Å². The van der Waals surface area contributed by atoms with Crippen molar-refractivity contribution in [3.63, 3.8) is 0 Å². The Bertz CT molecular complexity index is 591. The summed E-state index contributed by atoms with van der Waals surface area (Å²) < 4.78 is 1.56. The normalized spacial score (nSPS) is 12.7. The van der Waals surface area contributed by atoms with Crippen molar-refractivity contribution in [2.75, 3.05) is 6.61 Å². The minimum Gasteiger partial charge on any atom is -0.394 e.